The van der Waals surface area contributed by atoms with E-state index in [0.29, 0.717) is 28.5 Å². The maximum atomic E-state index is 14.0. The Morgan fingerprint density at radius 1 is 1.14 bits per heavy atom. The third-order valence-electron chi connectivity index (χ3n) is 4.14. The van der Waals surface area contributed by atoms with Crippen LogP contribution in [0.4, 0.5) is 4.39 Å². The second-order valence-corrected chi connectivity index (χ2v) is 6.94. The van der Waals surface area contributed by atoms with Gasteiger partial charge in [-0.3, -0.25) is 9.59 Å². The van der Waals surface area contributed by atoms with Gasteiger partial charge in [-0.05, 0) is 24.3 Å². The molecule has 0 bridgehead atoms. The number of amides is 2. The first-order valence-electron chi connectivity index (χ1n) is 8.78. The van der Waals surface area contributed by atoms with Crippen LogP contribution >= 0.6 is 11.3 Å². The average molecular weight is 413 g/mol. The van der Waals surface area contributed by atoms with Crippen LogP contribution in [-0.2, 0) is 22.6 Å². The molecule has 4 aromatic rings. The van der Waals surface area contributed by atoms with Crippen molar-refractivity contribution >= 4 is 28.1 Å². The van der Waals surface area contributed by atoms with Crippen LogP contribution in [-0.4, -0.2) is 33.0 Å². The monoisotopic (exact) mass is 413 g/mol. The topological polar surface area (TPSA) is 102 Å². The van der Waals surface area contributed by atoms with Gasteiger partial charge in [-0.2, -0.15) is 4.98 Å². The Hall–Kier alpha value is -3.53. The van der Waals surface area contributed by atoms with Gasteiger partial charge in [0, 0.05) is 18.3 Å². The zero-order chi connectivity index (χ0) is 20.2. The summed E-state index contributed by atoms with van der Waals surface area (Å²) < 4.78 is 20.7. The standard InChI is InChI=1S/C19H16FN5O3S/c20-15-6-2-1-5-14(15)16-23-19-25(24-16)12(11-29-19)7-8-21-17(26)18(27)22-10-13-4-3-9-28-13/h1-6,9,11H,7-8,10H2,(H,21,26)(H,22,27). The van der Waals surface area contributed by atoms with Crippen molar-refractivity contribution in [1.29, 1.82) is 0 Å². The van der Waals surface area contributed by atoms with E-state index in [9.17, 15) is 14.0 Å². The van der Waals surface area contributed by atoms with Gasteiger partial charge in [-0.15, -0.1) is 16.4 Å². The molecule has 0 fully saturated rings. The van der Waals surface area contributed by atoms with Gasteiger partial charge in [-0.1, -0.05) is 12.1 Å². The van der Waals surface area contributed by atoms with E-state index in [0.717, 1.165) is 5.69 Å². The molecular weight excluding hydrogens is 397 g/mol. The Bertz CT molecular complexity index is 1150. The summed E-state index contributed by atoms with van der Waals surface area (Å²) in [5, 5.41) is 11.3. The minimum absolute atomic E-state index is 0.141. The third kappa shape index (κ3) is 4.16. The first-order valence-corrected chi connectivity index (χ1v) is 9.66. The number of halogens is 1. The number of fused-ring (bicyclic) bond motifs is 1. The van der Waals surface area contributed by atoms with Crippen LogP contribution in [0.5, 0.6) is 0 Å². The molecule has 0 atom stereocenters. The van der Waals surface area contributed by atoms with Crippen molar-refractivity contribution in [3.63, 3.8) is 0 Å². The molecule has 148 valence electrons. The van der Waals surface area contributed by atoms with E-state index in [2.05, 4.69) is 20.7 Å². The SMILES string of the molecule is O=C(NCCc1csc2nc(-c3ccccc3F)nn12)C(=O)NCc1ccco1. The van der Waals surface area contributed by atoms with Crippen molar-refractivity contribution < 1.29 is 18.4 Å². The Morgan fingerprint density at radius 2 is 1.97 bits per heavy atom. The highest BCUT2D eigenvalue weighted by Crippen LogP contribution is 2.23. The second-order valence-electron chi connectivity index (χ2n) is 6.10. The summed E-state index contributed by atoms with van der Waals surface area (Å²) in [5.41, 5.74) is 1.13. The minimum Gasteiger partial charge on any atom is -0.467 e. The molecule has 0 unspecified atom stereocenters. The maximum Gasteiger partial charge on any atom is 0.309 e. The van der Waals surface area contributed by atoms with E-state index in [1.54, 1.807) is 34.8 Å². The number of nitrogens with zero attached hydrogens (tertiary/aromatic N) is 3. The normalized spacial score (nSPS) is 10.9. The molecular formula is C19H16FN5O3S. The first-order chi connectivity index (χ1) is 14.1. The highest BCUT2D eigenvalue weighted by atomic mass is 32.1. The maximum absolute atomic E-state index is 14.0. The predicted octanol–water partition coefficient (Wildman–Crippen LogP) is 2.16. The molecule has 0 aliphatic rings. The van der Waals surface area contributed by atoms with E-state index in [-0.39, 0.29) is 18.9 Å². The Morgan fingerprint density at radius 3 is 2.76 bits per heavy atom. The minimum atomic E-state index is -0.737. The molecule has 10 heteroatoms. The van der Waals surface area contributed by atoms with Gasteiger partial charge in [0.15, 0.2) is 5.82 Å². The van der Waals surface area contributed by atoms with Gasteiger partial charge in [0.2, 0.25) is 4.96 Å². The lowest BCUT2D eigenvalue weighted by molar-refractivity contribution is -0.139. The van der Waals surface area contributed by atoms with Crippen LogP contribution in [0.3, 0.4) is 0 Å². The number of rotatable bonds is 6. The molecule has 0 aliphatic heterocycles. The number of benzene rings is 1. The molecule has 2 amide bonds. The van der Waals surface area contributed by atoms with Crippen LogP contribution in [0, 0.1) is 5.82 Å². The number of hydrogen-bond acceptors (Lipinski definition) is 6. The van der Waals surface area contributed by atoms with Gasteiger partial charge in [-0.25, -0.2) is 8.91 Å². The summed E-state index contributed by atoms with van der Waals surface area (Å²) in [4.78, 5) is 28.7. The molecule has 0 saturated heterocycles. The van der Waals surface area contributed by atoms with Crippen molar-refractivity contribution in [2.45, 2.75) is 13.0 Å². The van der Waals surface area contributed by atoms with Gasteiger partial charge in [0.25, 0.3) is 0 Å². The molecule has 0 aliphatic carbocycles. The van der Waals surface area contributed by atoms with E-state index in [4.69, 9.17) is 4.42 Å². The third-order valence-corrected chi connectivity index (χ3v) is 5.01. The highest BCUT2D eigenvalue weighted by Gasteiger charge is 2.16. The molecule has 0 saturated carbocycles. The lowest BCUT2D eigenvalue weighted by Crippen LogP contribution is -2.40. The van der Waals surface area contributed by atoms with Crippen molar-refractivity contribution in [2.24, 2.45) is 0 Å². The molecule has 3 heterocycles. The smallest absolute Gasteiger partial charge is 0.309 e. The fourth-order valence-corrected chi connectivity index (χ4v) is 3.55. The largest absolute Gasteiger partial charge is 0.467 e. The fourth-order valence-electron chi connectivity index (χ4n) is 2.70. The van der Waals surface area contributed by atoms with Crippen molar-refractivity contribution in [3.05, 3.63) is 65.3 Å². The van der Waals surface area contributed by atoms with Crippen LogP contribution in [0.1, 0.15) is 11.5 Å². The number of thiazole rings is 1. The van der Waals surface area contributed by atoms with E-state index >= 15 is 0 Å². The van der Waals surface area contributed by atoms with Gasteiger partial charge in [0.1, 0.15) is 11.6 Å². The summed E-state index contributed by atoms with van der Waals surface area (Å²) in [6.45, 7) is 0.385. The quantitative estimate of drug-likeness (QED) is 0.472. The van der Waals surface area contributed by atoms with Crippen LogP contribution in [0.15, 0.2) is 52.5 Å². The first kappa shape index (κ1) is 18.8. The molecule has 4 rings (SSSR count). The van der Waals surface area contributed by atoms with E-state index < -0.39 is 11.8 Å². The van der Waals surface area contributed by atoms with Crippen LogP contribution in [0.25, 0.3) is 16.3 Å². The Balaban J connectivity index is 1.34. The van der Waals surface area contributed by atoms with E-state index in [1.807, 2.05) is 5.38 Å². The molecule has 8 nitrogen and oxygen atoms in total. The van der Waals surface area contributed by atoms with Crippen LogP contribution in [0.2, 0.25) is 0 Å². The van der Waals surface area contributed by atoms with Crippen molar-refractivity contribution in [3.8, 4) is 11.4 Å². The predicted molar refractivity (Wildman–Crippen MR) is 104 cm³/mol. The van der Waals surface area contributed by atoms with Gasteiger partial charge >= 0.3 is 11.8 Å². The second kappa shape index (κ2) is 8.23. The lowest BCUT2D eigenvalue weighted by Gasteiger charge is -2.05. The summed E-state index contributed by atoms with van der Waals surface area (Å²) in [7, 11) is 0. The van der Waals surface area contributed by atoms with Crippen LogP contribution < -0.4 is 10.6 Å². The van der Waals surface area contributed by atoms with E-state index in [1.165, 1.54) is 23.7 Å². The fraction of sp³-hybridized carbons (Fsp3) is 0.158. The number of hydrogen-bond donors (Lipinski definition) is 2. The zero-order valence-electron chi connectivity index (χ0n) is 15.1. The molecule has 29 heavy (non-hydrogen) atoms. The molecule has 3 aromatic heterocycles. The van der Waals surface area contributed by atoms with Gasteiger partial charge in [0.05, 0.1) is 24.1 Å². The average Bonchev–Trinajstić information content (AvgIpc) is 3.45. The molecule has 2 N–H and O–H groups in total. The van der Waals surface area contributed by atoms with Gasteiger partial charge < -0.3 is 15.1 Å². The summed E-state index contributed by atoms with van der Waals surface area (Å²) >= 11 is 1.37. The molecule has 1 aromatic carbocycles. The zero-order valence-corrected chi connectivity index (χ0v) is 15.9. The number of nitrogens with one attached hydrogen (secondary N) is 2. The number of carbonyl (C=O) groups excluding carboxylic acids is 2. The lowest BCUT2D eigenvalue weighted by atomic mass is 10.2. The number of furan rings is 1. The van der Waals surface area contributed by atoms with Crippen molar-refractivity contribution in [1.82, 2.24) is 25.2 Å². The number of aromatic nitrogens is 3. The summed E-state index contributed by atoms with van der Waals surface area (Å²) in [6, 6.07) is 9.71. The summed E-state index contributed by atoms with van der Waals surface area (Å²) in [5.74, 6) is -0.991. The van der Waals surface area contributed by atoms with Crippen molar-refractivity contribution in [2.75, 3.05) is 6.54 Å². The Labute approximate surface area is 168 Å². The molecule has 0 radical (unpaired) electrons. The Kier molecular flexibility index (Phi) is 5.34. The number of carbonyl (C=O) groups is 2. The summed E-state index contributed by atoms with van der Waals surface area (Å²) in [6.07, 6.45) is 1.93. The highest BCUT2D eigenvalue weighted by molar-refractivity contribution is 7.15. The molecule has 0 spiro atoms.